The standard InChI is InChI=1S/C23H20N2O4S/c1-16-3-6-20(7-4-16)30(27,28)25-15-18(13-17-9-11-24-12-10-17)23(26)21-14-19(29-2)5-8-22(21)25/h3-14H,15H2,1-2H3/b18-13+. The Morgan fingerprint density at radius 2 is 1.73 bits per heavy atom. The molecule has 1 aromatic heterocycles. The first-order valence-electron chi connectivity index (χ1n) is 9.33. The molecule has 152 valence electrons. The van der Waals surface area contributed by atoms with Crippen molar-refractivity contribution in [3.63, 3.8) is 0 Å². The molecule has 0 N–H and O–H groups in total. The van der Waals surface area contributed by atoms with Gasteiger partial charge in [-0.05, 0) is 61.0 Å². The molecule has 3 aromatic rings. The van der Waals surface area contributed by atoms with Gasteiger partial charge in [0.05, 0.1) is 29.8 Å². The molecule has 0 bridgehead atoms. The van der Waals surface area contributed by atoms with Crippen molar-refractivity contribution in [1.82, 2.24) is 4.98 Å². The zero-order valence-electron chi connectivity index (χ0n) is 16.6. The summed E-state index contributed by atoms with van der Waals surface area (Å²) in [4.78, 5) is 17.3. The quantitative estimate of drug-likeness (QED) is 0.599. The number of benzene rings is 2. The van der Waals surface area contributed by atoms with Crippen LogP contribution in [-0.2, 0) is 10.0 Å². The van der Waals surface area contributed by atoms with Gasteiger partial charge in [-0.25, -0.2) is 8.42 Å². The van der Waals surface area contributed by atoms with E-state index in [1.54, 1.807) is 73.1 Å². The summed E-state index contributed by atoms with van der Waals surface area (Å²) in [6.07, 6.45) is 4.94. The monoisotopic (exact) mass is 420 g/mol. The summed E-state index contributed by atoms with van der Waals surface area (Å²) in [6, 6.07) is 15.0. The summed E-state index contributed by atoms with van der Waals surface area (Å²) in [6.45, 7) is 1.84. The summed E-state index contributed by atoms with van der Waals surface area (Å²) in [5.41, 5.74) is 2.74. The number of anilines is 1. The van der Waals surface area contributed by atoms with Crippen molar-refractivity contribution in [3.05, 3.63) is 89.3 Å². The van der Waals surface area contributed by atoms with E-state index in [4.69, 9.17) is 4.74 Å². The van der Waals surface area contributed by atoms with Crippen LogP contribution in [0.1, 0.15) is 21.5 Å². The average molecular weight is 420 g/mol. The second-order valence-electron chi connectivity index (χ2n) is 6.99. The Balaban J connectivity index is 1.87. The number of ether oxygens (including phenoxy) is 1. The first kappa shape index (κ1) is 19.8. The number of carbonyl (C=O) groups excluding carboxylic acids is 1. The van der Waals surface area contributed by atoms with Crippen LogP contribution in [0.25, 0.3) is 6.08 Å². The van der Waals surface area contributed by atoms with Crippen molar-refractivity contribution in [1.29, 1.82) is 0 Å². The van der Waals surface area contributed by atoms with Crippen LogP contribution in [0.15, 0.2) is 77.5 Å². The molecular weight excluding hydrogens is 400 g/mol. The van der Waals surface area contributed by atoms with Crippen LogP contribution in [-0.4, -0.2) is 32.8 Å². The zero-order chi connectivity index (χ0) is 21.3. The highest BCUT2D eigenvalue weighted by Gasteiger charge is 2.35. The number of sulfonamides is 1. The third kappa shape index (κ3) is 3.59. The second kappa shape index (κ2) is 7.76. The second-order valence-corrected chi connectivity index (χ2v) is 8.85. The van der Waals surface area contributed by atoms with Gasteiger partial charge in [0.15, 0.2) is 5.78 Å². The lowest BCUT2D eigenvalue weighted by atomic mass is 9.96. The van der Waals surface area contributed by atoms with Crippen LogP contribution >= 0.6 is 0 Å². The lowest BCUT2D eigenvalue weighted by Gasteiger charge is -2.31. The van der Waals surface area contributed by atoms with Gasteiger partial charge in [-0.1, -0.05) is 17.7 Å². The minimum absolute atomic E-state index is 0.0588. The van der Waals surface area contributed by atoms with E-state index >= 15 is 0 Å². The van der Waals surface area contributed by atoms with E-state index in [1.807, 2.05) is 6.92 Å². The van der Waals surface area contributed by atoms with Gasteiger partial charge in [0.1, 0.15) is 5.75 Å². The van der Waals surface area contributed by atoms with Gasteiger partial charge < -0.3 is 4.74 Å². The van der Waals surface area contributed by atoms with Crippen LogP contribution in [0.2, 0.25) is 0 Å². The largest absolute Gasteiger partial charge is 0.497 e. The first-order valence-corrected chi connectivity index (χ1v) is 10.8. The van der Waals surface area contributed by atoms with Gasteiger partial charge in [-0.2, -0.15) is 0 Å². The molecule has 2 aromatic carbocycles. The maximum atomic E-state index is 13.5. The number of Topliss-reactive ketones (excluding diaryl/α,β-unsaturated/α-hetero) is 1. The SMILES string of the molecule is COc1ccc2c(c1)C(=O)/C(=C/c1ccncc1)CN2S(=O)(=O)c1ccc(C)cc1. The molecule has 30 heavy (non-hydrogen) atoms. The Kier molecular flexibility index (Phi) is 5.13. The summed E-state index contributed by atoms with van der Waals surface area (Å²) < 4.78 is 33.5. The van der Waals surface area contributed by atoms with E-state index in [0.29, 0.717) is 17.0 Å². The molecular formula is C23H20N2O4S. The number of ketones is 1. The van der Waals surface area contributed by atoms with Crippen molar-refractivity contribution in [2.75, 3.05) is 18.0 Å². The number of aryl methyl sites for hydroxylation is 1. The number of fused-ring (bicyclic) bond motifs is 1. The third-order valence-electron chi connectivity index (χ3n) is 4.98. The van der Waals surface area contributed by atoms with Crippen LogP contribution in [0.5, 0.6) is 5.75 Å². The van der Waals surface area contributed by atoms with Crippen LogP contribution in [0.3, 0.4) is 0 Å². The maximum absolute atomic E-state index is 13.5. The Labute approximate surface area is 175 Å². The van der Waals surface area contributed by atoms with Crippen molar-refractivity contribution in [2.45, 2.75) is 11.8 Å². The molecule has 6 nitrogen and oxygen atoms in total. The van der Waals surface area contributed by atoms with Gasteiger partial charge >= 0.3 is 0 Å². The molecule has 7 heteroatoms. The number of carbonyl (C=O) groups is 1. The predicted octanol–water partition coefficient (Wildman–Crippen LogP) is 3.87. The number of rotatable bonds is 4. The summed E-state index contributed by atoms with van der Waals surface area (Å²) >= 11 is 0. The molecule has 0 radical (unpaired) electrons. The summed E-state index contributed by atoms with van der Waals surface area (Å²) in [5, 5.41) is 0. The van der Waals surface area contributed by atoms with E-state index in [2.05, 4.69) is 4.98 Å². The molecule has 0 amide bonds. The van der Waals surface area contributed by atoms with E-state index < -0.39 is 10.0 Å². The van der Waals surface area contributed by atoms with E-state index in [9.17, 15) is 13.2 Å². The highest BCUT2D eigenvalue weighted by atomic mass is 32.2. The topological polar surface area (TPSA) is 76.6 Å². The number of hydrogen-bond donors (Lipinski definition) is 0. The number of pyridine rings is 1. The fourth-order valence-electron chi connectivity index (χ4n) is 3.35. The van der Waals surface area contributed by atoms with Crippen molar-refractivity contribution in [3.8, 4) is 5.75 Å². The number of aromatic nitrogens is 1. The molecule has 2 heterocycles. The third-order valence-corrected chi connectivity index (χ3v) is 6.75. The van der Waals surface area contributed by atoms with Crippen molar-refractivity contribution < 1.29 is 17.9 Å². The van der Waals surface area contributed by atoms with E-state index in [0.717, 1.165) is 11.1 Å². The Hall–Kier alpha value is -3.45. The number of hydrogen-bond acceptors (Lipinski definition) is 5. The normalized spacial score (nSPS) is 15.2. The zero-order valence-corrected chi connectivity index (χ0v) is 17.4. The molecule has 0 saturated carbocycles. The molecule has 1 aliphatic rings. The minimum Gasteiger partial charge on any atom is -0.497 e. The fraction of sp³-hybridized carbons (Fsp3) is 0.130. The molecule has 0 fully saturated rings. The smallest absolute Gasteiger partial charge is 0.264 e. The van der Waals surface area contributed by atoms with Gasteiger partial charge in [0.2, 0.25) is 0 Å². The minimum atomic E-state index is -3.87. The molecule has 0 spiro atoms. The molecule has 4 rings (SSSR count). The molecule has 0 unspecified atom stereocenters. The average Bonchev–Trinajstić information content (AvgIpc) is 2.76. The Morgan fingerprint density at radius 1 is 1.03 bits per heavy atom. The predicted molar refractivity (Wildman–Crippen MR) is 115 cm³/mol. The highest BCUT2D eigenvalue weighted by molar-refractivity contribution is 7.92. The van der Waals surface area contributed by atoms with Crippen LogP contribution in [0, 0.1) is 6.92 Å². The number of methoxy groups -OCH3 is 1. The van der Waals surface area contributed by atoms with Gasteiger partial charge in [0.25, 0.3) is 10.0 Å². The molecule has 1 aliphatic heterocycles. The lowest BCUT2D eigenvalue weighted by molar-refractivity contribution is 0.103. The molecule has 0 saturated heterocycles. The highest BCUT2D eigenvalue weighted by Crippen LogP contribution is 2.36. The Bertz CT molecular complexity index is 1230. The number of nitrogens with zero attached hydrogens (tertiary/aromatic N) is 2. The van der Waals surface area contributed by atoms with E-state index in [-0.39, 0.29) is 22.8 Å². The molecule has 0 aliphatic carbocycles. The Morgan fingerprint density at radius 3 is 2.40 bits per heavy atom. The van der Waals surface area contributed by atoms with Crippen LogP contribution in [0.4, 0.5) is 5.69 Å². The maximum Gasteiger partial charge on any atom is 0.264 e. The van der Waals surface area contributed by atoms with Gasteiger partial charge in [0, 0.05) is 18.0 Å². The van der Waals surface area contributed by atoms with Gasteiger partial charge in [-0.3, -0.25) is 14.1 Å². The summed E-state index contributed by atoms with van der Waals surface area (Å²) in [5.74, 6) is 0.260. The first-order chi connectivity index (χ1) is 14.4. The molecule has 0 atom stereocenters. The fourth-order valence-corrected chi connectivity index (χ4v) is 4.81. The van der Waals surface area contributed by atoms with Crippen molar-refractivity contribution >= 4 is 27.6 Å². The van der Waals surface area contributed by atoms with Crippen LogP contribution < -0.4 is 9.04 Å². The summed E-state index contributed by atoms with van der Waals surface area (Å²) in [7, 11) is -2.37. The lowest BCUT2D eigenvalue weighted by Crippen LogP contribution is -2.38. The van der Waals surface area contributed by atoms with Gasteiger partial charge in [-0.15, -0.1) is 0 Å². The van der Waals surface area contributed by atoms with Crippen molar-refractivity contribution in [2.24, 2.45) is 0 Å². The van der Waals surface area contributed by atoms with E-state index in [1.165, 1.54) is 11.4 Å².